The highest BCUT2D eigenvalue weighted by Gasteiger charge is 2.17. The Morgan fingerprint density at radius 1 is 1.33 bits per heavy atom. The van der Waals surface area contributed by atoms with E-state index in [1.807, 2.05) is 22.9 Å². The summed E-state index contributed by atoms with van der Waals surface area (Å²) in [6.07, 6.45) is 1.91. The first-order valence-corrected chi connectivity index (χ1v) is 7.16. The molecule has 0 fully saturated rings. The van der Waals surface area contributed by atoms with Crippen molar-refractivity contribution in [1.82, 2.24) is 9.88 Å². The lowest BCUT2D eigenvalue weighted by Gasteiger charge is -2.13. The minimum absolute atomic E-state index is 0.0546. The Kier molecular flexibility index (Phi) is 4.98. The van der Waals surface area contributed by atoms with Gasteiger partial charge in [0.05, 0.1) is 22.1 Å². The van der Waals surface area contributed by atoms with E-state index in [9.17, 15) is 10.1 Å². The van der Waals surface area contributed by atoms with E-state index >= 15 is 0 Å². The number of nitro benzene ring substituents is 1. The molecule has 1 aromatic heterocycles. The highest BCUT2D eigenvalue weighted by Crippen LogP contribution is 2.27. The summed E-state index contributed by atoms with van der Waals surface area (Å²) in [7, 11) is 0. The Morgan fingerprint density at radius 3 is 2.76 bits per heavy atom. The van der Waals surface area contributed by atoms with Gasteiger partial charge in [0.25, 0.3) is 5.69 Å². The molecule has 6 heteroatoms. The van der Waals surface area contributed by atoms with Crippen molar-refractivity contribution in [2.75, 3.05) is 0 Å². The van der Waals surface area contributed by atoms with Crippen molar-refractivity contribution in [3.05, 3.63) is 62.9 Å². The number of aromatic nitrogens is 1. The van der Waals surface area contributed by atoms with E-state index < -0.39 is 4.92 Å². The number of halogens is 1. The lowest BCUT2D eigenvalue weighted by Crippen LogP contribution is -2.23. The summed E-state index contributed by atoms with van der Waals surface area (Å²) in [6.45, 7) is 5.25. The van der Waals surface area contributed by atoms with Gasteiger partial charge in [0.2, 0.25) is 0 Å². The maximum absolute atomic E-state index is 11.1. The Hall–Kier alpha value is -1.85. The van der Waals surface area contributed by atoms with Gasteiger partial charge in [-0.3, -0.25) is 10.1 Å². The molecule has 0 atom stereocenters. The summed E-state index contributed by atoms with van der Waals surface area (Å²) in [4.78, 5) is 10.7. The van der Waals surface area contributed by atoms with E-state index in [1.54, 1.807) is 12.1 Å². The third kappa shape index (κ3) is 3.83. The number of nitrogens with one attached hydrogen (secondary N) is 1. The van der Waals surface area contributed by atoms with Gasteiger partial charge >= 0.3 is 0 Å². The first-order chi connectivity index (χ1) is 9.99. The number of benzene rings is 1. The molecule has 0 aliphatic rings. The Labute approximate surface area is 128 Å². The van der Waals surface area contributed by atoms with Crippen LogP contribution in [0.2, 0.25) is 5.02 Å². The Balaban J connectivity index is 2.27. The van der Waals surface area contributed by atoms with E-state index in [1.165, 1.54) is 6.07 Å². The topological polar surface area (TPSA) is 60.1 Å². The quantitative estimate of drug-likeness (QED) is 0.655. The van der Waals surface area contributed by atoms with Crippen molar-refractivity contribution in [2.45, 2.75) is 33.0 Å². The number of nitrogens with zero attached hydrogens (tertiary/aromatic N) is 2. The number of hydrogen-bond acceptors (Lipinski definition) is 3. The molecule has 0 bridgehead atoms. The fraction of sp³-hybridized carbons (Fsp3) is 0.333. The molecule has 0 aliphatic heterocycles. The molecule has 21 heavy (non-hydrogen) atoms. The molecule has 1 aromatic carbocycles. The van der Waals surface area contributed by atoms with Crippen molar-refractivity contribution in [3.8, 4) is 0 Å². The van der Waals surface area contributed by atoms with Crippen LogP contribution >= 0.6 is 11.6 Å². The van der Waals surface area contributed by atoms with Gasteiger partial charge in [-0.05, 0) is 18.2 Å². The predicted octanol–water partition coefficient (Wildman–Crippen LogP) is 3.60. The average Bonchev–Trinajstić information content (AvgIpc) is 2.85. The molecular formula is C15H18ClN3O2. The molecule has 0 saturated heterocycles. The first-order valence-electron chi connectivity index (χ1n) is 6.78. The summed E-state index contributed by atoms with van der Waals surface area (Å²) in [5.41, 5.74) is 1.66. The van der Waals surface area contributed by atoms with Crippen LogP contribution in [-0.2, 0) is 13.1 Å². The number of hydrogen-bond donors (Lipinski definition) is 1. The monoisotopic (exact) mass is 307 g/mol. The second-order valence-electron chi connectivity index (χ2n) is 5.16. The predicted molar refractivity (Wildman–Crippen MR) is 83.6 cm³/mol. The minimum atomic E-state index is -0.392. The van der Waals surface area contributed by atoms with Gasteiger partial charge in [-0.15, -0.1) is 0 Å². The average molecular weight is 308 g/mol. The van der Waals surface area contributed by atoms with Gasteiger partial charge in [0.1, 0.15) is 0 Å². The first kappa shape index (κ1) is 15.5. The molecule has 1 N–H and O–H groups in total. The second kappa shape index (κ2) is 6.74. The van der Waals surface area contributed by atoms with Crippen molar-refractivity contribution in [1.29, 1.82) is 0 Å². The zero-order valence-electron chi connectivity index (χ0n) is 12.0. The molecule has 2 rings (SSSR count). The van der Waals surface area contributed by atoms with E-state index in [4.69, 9.17) is 11.6 Å². The van der Waals surface area contributed by atoms with E-state index in [0.717, 1.165) is 5.69 Å². The molecule has 1 heterocycles. The molecule has 2 aromatic rings. The Morgan fingerprint density at radius 2 is 2.10 bits per heavy atom. The molecule has 5 nitrogen and oxygen atoms in total. The minimum Gasteiger partial charge on any atom is -0.346 e. The van der Waals surface area contributed by atoms with Crippen LogP contribution in [0.25, 0.3) is 0 Å². The van der Waals surface area contributed by atoms with Crippen LogP contribution < -0.4 is 5.32 Å². The molecule has 0 radical (unpaired) electrons. The second-order valence-corrected chi connectivity index (χ2v) is 5.56. The lowest BCUT2D eigenvalue weighted by molar-refractivity contribution is -0.385. The molecular weight excluding hydrogens is 290 g/mol. The smallest absolute Gasteiger partial charge is 0.275 e. The molecule has 0 aliphatic carbocycles. The summed E-state index contributed by atoms with van der Waals surface area (Å²) in [5.74, 6) is 0. The van der Waals surface area contributed by atoms with Gasteiger partial charge in [-0.2, -0.15) is 0 Å². The summed E-state index contributed by atoms with van der Waals surface area (Å²) >= 11 is 6.14. The third-order valence-electron chi connectivity index (χ3n) is 3.23. The molecule has 112 valence electrons. The fourth-order valence-corrected chi connectivity index (χ4v) is 2.35. The van der Waals surface area contributed by atoms with Crippen LogP contribution in [0.3, 0.4) is 0 Å². The van der Waals surface area contributed by atoms with Crippen LogP contribution in [0.1, 0.15) is 25.1 Å². The normalized spacial score (nSPS) is 11.0. The molecule has 0 spiro atoms. The van der Waals surface area contributed by atoms with Crippen molar-refractivity contribution in [3.63, 3.8) is 0 Å². The van der Waals surface area contributed by atoms with Crippen LogP contribution in [0.4, 0.5) is 5.69 Å². The maximum Gasteiger partial charge on any atom is 0.275 e. The number of nitro groups is 1. The highest BCUT2D eigenvalue weighted by atomic mass is 35.5. The summed E-state index contributed by atoms with van der Waals surface area (Å²) in [5, 5.41) is 14.9. The standard InChI is InChI=1S/C15H18ClN3O2/c1-11(2)17-9-12-5-4-8-18(12)10-13-14(16)6-3-7-15(13)19(20)21/h3-8,11,17H,9-10H2,1-2H3. The largest absolute Gasteiger partial charge is 0.346 e. The summed E-state index contributed by atoms with van der Waals surface area (Å²) in [6, 6.07) is 9.07. The van der Waals surface area contributed by atoms with Crippen LogP contribution in [0.15, 0.2) is 36.5 Å². The van der Waals surface area contributed by atoms with Gasteiger partial charge < -0.3 is 9.88 Å². The van der Waals surface area contributed by atoms with Crippen LogP contribution in [0.5, 0.6) is 0 Å². The van der Waals surface area contributed by atoms with Crippen molar-refractivity contribution >= 4 is 17.3 Å². The van der Waals surface area contributed by atoms with E-state index in [-0.39, 0.29) is 5.69 Å². The van der Waals surface area contributed by atoms with Crippen LogP contribution in [0, 0.1) is 10.1 Å². The molecule has 0 saturated carbocycles. The molecule has 0 amide bonds. The van der Waals surface area contributed by atoms with E-state index in [2.05, 4.69) is 19.2 Å². The maximum atomic E-state index is 11.1. The molecule has 0 unspecified atom stereocenters. The zero-order chi connectivity index (χ0) is 15.4. The zero-order valence-corrected chi connectivity index (χ0v) is 12.8. The summed E-state index contributed by atoms with van der Waals surface area (Å²) < 4.78 is 1.98. The number of rotatable bonds is 6. The lowest BCUT2D eigenvalue weighted by atomic mass is 10.1. The van der Waals surface area contributed by atoms with Gasteiger partial charge in [0.15, 0.2) is 0 Å². The van der Waals surface area contributed by atoms with Gasteiger partial charge in [-0.25, -0.2) is 0 Å². The third-order valence-corrected chi connectivity index (χ3v) is 3.59. The fourth-order valence-electron chi connectivity index (χ4n) is 2.12. The highest BCUT2D eigenvalue weighted by molar-refractivity contribution is 6.31. The Bertz CT molecular complexity index is 638. The van der Waals surface area contributed by atoms with Gasteiger partial charge in [-0.1, -0.05) is 31.5 Å². The van der Waals surface area contributed by atoms with Crippen molar-refractivity contribution < 1.29 is 4.92 Å². The van der Waals surface area contributed by atoms with Crippen LogP contribution in [-0.4, -0.2) is 15.5 Å². The SMILES string of the molecule is CC(C)NCc1cccn1Cc1c(Cl)cccc1[N+](=O)[O-]. The van der Waals surface area contributed by atoms with Crippen molar-refractivity contribution in [2.24, 2.45) is 0 Å². The van der Waals surface area contributed by atoms with E-state index in [0.29, 0.717) is 29.7 Å². The van der Waals surface area contributed by atoms with Gasteiger partial charge in [0, 0.05) is 30.5 Å².